The van der Waals surface area contributed by atoms with Crippen LogP contribution in [0, 0.1) is 0 Å². The number of benzene rings is 1. The maximum Gasteiger partial charge on any atom is 0.271 e. The quantitative estimate of drug-likeness (QED) is 0.814. The van der Waals surface area contributed by atoms with E-state index in [1.807, 2.05) is 35.2 Å². The fourth-order valence-corrected chi connectivity index (χ4v) is 4.04. The molecule has 0 N–H and O–H groups in total. The molecular weight excluding hydrogens is 340 g/mol. The zero-order valence-corrected chi connectivity index (χ0v) is 15.0. The maximum atomic E-state index is 12.1. The summed E-state index contributed by atoms with van der Waals surface area (Å²) in [6.45, 7) is 3.87. The van der Waals surface area contributed by atoms with Crippen molar-refractivity contribution in [2.75, 3.05) is 36.8 Å². The molecular formula is C17H22N4O3S. The Morgan fingerprint density at radius 1 is 1.00 bits per heavy atom. The summed E-state index contributed by atoms with van der Waals surface area (Å²) < 4.78 is 27.1. The number of nitrogens with zero attached hydrogens (tertiary/aromatic N) is 4. The van der Waals surface area contributed by atoms with E-state index in [1.54, 1.807) is 17.3 Å². The third-order valence-electron chi connectivity index (χ3n) is 4.32. The van der Waals surface area contributed by atoms with Crippen molar-refractivity contribution >= 4 is 15.8 Å². The highest BCUT2D eigenvalue weighted by Crippen LogP contribution is 2.15. The molecule has 0 amide bonds. The van der Waals surface area contributed by atoms with E-state index < -0.39 is 10.0 Å². The van der Waals surface area contributed by atoms with Gasteiger partial charge < -0.3 is 4.90 Å². The van der Waals surface area contributed by atoms with Gasteiger partial charge in [0.05, 0.1) is 11.4 Å². The monoisotopic (exact) mass is 362 g/mol. The highest BCUT2D eigenvalue weighted by Gasteiger charge is 2.24. The molecule has 1 aromatic carbocycles. The fraction of sp³-hybridized carbons (Fsp3) is 0.412. The summed E-state index contributed by atoms with van der Waals surface area (Å²) in [5, 5.41) is 4.48. The predicted octanol–water partition coefficient (Wildman–Crippen LogP) is 1.09. The second kappa shape index (κ2) is 7.37. The van der Waals surface area contributed by atoms with Gasteiger partial charge in [-0.1, -0.05) is 18.2 Å². The summed E-state index contributed by atoms with van der Waals surface area (Å²) >= 11 is 0. The van der Waals surface area contributed by atoms with E-state index in [9.17, 15) is 13.2 Å². The lowest BCUT2D eigenvalue weighted by Gasteiger charge is -2.22. The van der Waals surface area contributed by atoms with Gasteiger partial charge in [-0.05, 0) is 31.5 Å². The Morgan fingerprint density at radius 3 is 2.48 bits per heavy atom. The largest absolute Gasteiger partial charge is 0.354 e. The molecule has 7 nitrogen and oxygen atoms in total. The van der Waals surface area contributed by atoms with Gasteiger partial charge in [0.25, 0.3) is 5.56 Å². The minimum absolute atomic E-state index is 0.115. The van der Waals surface area contributed by atoms with E-state index >= 15 is 0 Å². The van der Waals surface area contributed by atoms with E-state index in [-0.39, 0.29) is 11.3 Å². The second-order valence-electron chi connectivity index (χ2n) is 5.92. The number of rotatable bonds is 4. The Kier molecular flexibility index (Phi) is 5.19. The lowest BCUT2D eigenvalue weighted by atomic mass is 10.3. The first kappa shape index (κ1) is 17.6. The van der Waals surface area contributed by atoms with Crippen molar-refractivity contribution in [1.82, 2.24) is 14.1 Å². The molecule has 3 rings (SSSR count). The Balaban J connectivity index is 1.84. The predicted molar refractivity (Wildman–Crippen MR) is 97.7 cm³/mol. The number of sulfonamides is 1. The first-order valence-electron chi connectivity index (χ1n) is 8.40. The van der Waals surface area contributed by atoms with E-state index in [4.69, 9.17) is 0 Å². The molecule has 0 spiro atoms. The number of hydrogen-bond acceptors (Lipinski definition) is 5. The molecule has 2 heterocycles. The first-order valence-corrected chi connectivity index (χ1v) is 10.0. The molecule has 0 aliphatic carbocycles. The van der Waals surface area contributed by atoms with Crippen LogP contribution in [0.2, 0.25) is 0 Å². The third-order valence-corrected chi connectivity index (χ3v) is 6.21. The molecule has 2 aromatic rings. The van der Waals surface area contributed by atoms with Gasteiger partial charge >= 0.3 is 0 Å². The topological polar surface area (TPSA) is 75.5 Å². The van der Waals surface area contributed by atoms with Crippen LogP contribution in [0.3, 0.4) is 0 Å². The molecule has 8 heteroatoms. The maximum absolute atomic E-state index is 12.1. The van der Waals surface area contributed by atoms with E-state index in [0.29, 0.717) is 37.7 Å². The molecule has 0 radical (unpaired) electrons. The van der Waals surface area contributed by atoms with Crippen molar-refractivity contribution in [3.8, 4) is 5.69 Å². The summed E-state index contributed by atoms with van der Waals surface area (Å²) in [7, 11) is -3.18. The summed E-state index contributed by atoms with van der Waals surface area (Å²) in [6.07, 6.45) is 0.728. The van der Waals surface area contributed by atoms with Gasteiger partial charge in [-0.25, -0.2) is 12.7 Å². The molecule has 134 valence electrons. The molecule has 0 atom stereocenters. The van der Waals surface area contributed by atoms with Gasteiger partial charge in [-0.3, -0.25) is 4.79 Å². The minimum Gasteiger partial charge on any atom is -0.354 e. The fourth-order valence-electron chi connectivity index (χ4n) is 2.91. The summed E-state index contributed by atoms with van der Waals surface area (Å²) in [6, 6.07) is 12.5. The Bertz CT molecular complexity index is 880. The summed E-state index contributed by atoms with van der Waals surface area (Å²) in [4.78, 5) is 14.2. The smallest absolute Gasteiger partial charge is 0.271 e. The van der Waals surface area contributed by atoms with E-state index in [0.717, 1.165) is 6.42 Å². The first-order chi connectivity index (χ1) is 12.0. The van der Waals surface area contributed by atoms with Crippen LogP contribution in [0.25, 0.3) is 5.69 Å². The summed E-state index contributed by atoms with van der Waals surface area (Å²) in [5.41, 5.74) is 0.513. The van der Waals surface area contributed by atoms with E-state index in [1.165, 1.54) is 10.7 Å². The lowest BCUT2D eigenvalue weighted by Crippen LogP contribution is -2.36. The molecule has 1 fully saturated rings. The van der Waals surface area contributed by atoms with Crippen molar-refractivity contribution in [3.63, 3.8) is 0 Å². The van der Waals surface area contributed by atoms with E-state index in [2.05, 4.69) is 5.10 Å². The van der Waals surface area contributed by atoms with Crippen molar-refractivity contribution in [2.45, 2.75) is 13.3 Å². The zero-order chi connectivity index (χ0) is 17.9. The van der Waals surface area contributed by atoms with Gasteiger partial charge in [-0.15, -0.1) is 5.10 Å². The van der Waals surface area contributed by atoms with Gasteiger partial charge in [0.15, 0.2) is 0 Å². The lowest BCUT2D eigenvalue weighted by molar-refractivity contribution is 0.434. The molecule has 1 aliphatic heterocycles. The van der Waals surface area contributed by atoms with Gasteiger partial charge in [0.2, 0.25) is 10.0 Å². The molecule has 1 aromatic heterocycles. The Hall–Kier alpha value is -2.19. The normalized spacial score (nSPS) is 16.6. The molecule has 25 heavy (non-hydrogen) atoms. The van der Waals surface area contributed by atoms with Crippen molar-refractivity contribution in [3.05, 3.63) is 52.8 Å². The van der Waals surface area contributed by atoms with Crippen LogP contribution in [0.4, 0.5) is 5.82 Å². The van der Waals surface area contributed by atoms with Gasteiger partial charge in [0.1, 0.15) is 5.82 Å². The average molecular weight is 362 g/mol. The average Bonchev–Trinajstić information content (AvgIpc) is 2.90. The molecule has 1 aliphatic rings. The van der Waals surface area contributed by atoms with Crippen LogP contribution < -0.4 is 10.5 Å². The molecule has 1 saturated heterocycles. The van der Waals surface area contributed by atoms with Crippen molar-refractivity contribution < 1.29 is 8.42 Å². The van der Waals surface area contributed by atoms with Crippen LogP contribution >= 0.6 is 0 Å². The third kappa shape index (κ3) is 3.91. The second-order valence-corrected chi connectivity index (χ2v) is 8.17. The number of para-hydroxylation sites is 1. The van der Waals surface area contributed by atoms with Crippen molar-refractivity contribution in [2.24, 2.45) is 0 Å². The highest BCUT2D eigenvalue weighted by atomic mass is 32.2. The number of aromatic nitrogens is 2. The molecule has 0 unspecified atom stereocenters. The highest BCUT2D eigenvalue weighted by molar-refractivity contribution is 7.89. The van der Waals surface area contributed by atoms with Crippen LogP contribution in [-0.2, 0) is 10.0 Å². The van der Waals surface area contributed by atoms with Crippen LogP contribution in [0.5, 0.6) is 0 Å². The number of hydrogen-bond donors (Lipinski definition) is 0. The molecule has 0 saturated carbocycles. The number of anilines is 1. The SMILES string of the molecule is CCS(=O)(=O)N1CCCN(c2ccc(=O)n(-c3ccccc3)n2)CC1. The van der Waals surface area contributed by atoms with Gasteiger partial charge in [0, 0.05) is 32.2 Å². The molecule has 0 bridgehead atoms. The van der Waals surface area contributed by atoms with Gasteiger partial charge in [-0.2, -0.15) is 4.68 Å². The van der Waals surface area contributed by atoms with Crippen LogP contribution in [0.1, 0.15) is 13.3 Å². The van der Waals surface area contributed by atoms with Crippen molar-refractivity contribution in [1.29, 1.82) is 0 Å². The minimum atomic E-state index is -3.18. The Morgan fingerprint density at radius 2 is 1.76 bits per heavy atom. The summed E-state index contributed by atoms with van der Waals surface area (Å²) in [5.74, 6) is 0.795. The van der Waals surface area contributed by atoms with Crippen LogP contribution in [0.15, 0.2) is 47.3 Å². The Labute approximate surface area is 147 Å². The zero-order valence-electron chi connectivity index (χ0n) is 14.2. The standard InChI is InChI=1S/C17H22N4O3S/c1-2-25(23,24)20-12-6-11-19(13-14-20)16-9-10-17(22)21(18-16)15-7-4-3-5-8-15/h3-5,7-10H,2,6,11-14H2,1H3. The van der Waals surface area contributed by atoms with Crippen LogP contribution in [-0.4, -0.2) is 54.4 Å².